The maximum atomic E-state index is 5.59. The Morgan fingerprint density at radius 3 is 2.70 bits per heavy atom. The van der Waals surface area contributed by atoms with Crippen molar-refractivity contribution in [2.45, 2.75) is 31.7 Å². The molecular formula is C7H15Cl2N. The average Bonchev–Trinajstić information content (AvgIpc) is 1.91. The quantitative estimate of drug-likeness (QED) is 0.648. The summed E-state index contributed by atoms with van der Waals surface area (Å²) in [6, 6.07) is 0.719. The van der Waals surface area contributed by atoms with Crippen LogP contribution in [-0.2, 0) is 0 Å². The van der Waals surface area contributed by atoms with Crippen molar-refractivity contribution in [1.29, 1.82) is 0 Å². The highest BCUT2D eigenvalue weighted by atomic mass is 35.5. The molecule has 3 heteroatoms. The lowest BCUT2D eigenvalue weighted by atomic mass is 10.0. The van der Waals surface area contributed by atoms with Crippen molar-refractivity contribution in [2.24, 2.45) is 0 Å². The van der Waals surface area contributed by atoms with Crippen LogP contribution in [0.1, 0.15) is 25.7 Å². The molecule has 1 unspecified atom stereocenters. The van der Waals surface area contributed by atoms with Crippen LogP contribution in [0.2, 0.25) is 0 Å². The van der Waals surface area contributed by atoms with Gasteiger partial charge in [-0.1, -0.05) is 6.42 Å². The first-order valence-electron chi connectivity index (χ1n) is 3.73. The number of nitrogens with one attached hydrogen (secondary N) is 1. The summed E-state index contributed by atoms with van der Waals surface area (Å²) in [5.74, 6) is 0.803. The maximum absolute atomic E-state index is 5.59. The zero-order valence-electron chi connectivity index (χ0n) is 6.11. The second-order valence-corrected chi connectivity index (χ2v) is 3.00. The first-order chi connectivity index (χ1) is 4.43. The molecule has 1 heterocycles. The van der Waals surface area contributed by atoms with E-state index in [-0.39, 0.29) is 12.4 Å². The van der Waals surface area contributed by atoms with Gasteiger partial charge in [-0.05, 0) is 25.8 Å². The molecule has 1 rings (SSSR count). The van der Waals surface area contributed by atoms with E-state index in [1.165, 1.54) is 25.8 Å². The van der Waals surface area contributed by atoms with Gasteiger partial charge in [-0.15, -0.1) is 24.0 Å². The van der Waals surface area contributed by atoms with Gasteiger partial charge in [0.1, 0.15) is 0 Å². The molecule has 0 bridgehead atoms. The molecule has 1 nitrogen and oxygen atoms in total. The van der Waals surface area contributed by atoms with Crippen LogP contribution in [0.5, 0.6) is 0 Å². The van der Waals surface area contributed by atoms with Gasteiger partial charge in [0.25, 0.3) is 0 Å². The van der Waals surface area contributed by atoms with E-state index in [2.05, 4.69) is 5.32 Å². The van der Waals surface area contributed by atoms with Crippen LogP contribution < -0.4 is 5.32 Å². The van der Waals surface area contributed by atoms with Crippen molar-refractivity contribution >= 4 is 24.0 Å². The van der Waals surface area contributed by atoms with Gasteiger partial charge in [-0.3, -0.25) is 0 Å². The molecule has 1 N–H and O–H groups in total. The lowest BCUT2D eigenvalue weighted by Gasteiger charge is -2.22. The highest BCUT2D eigenvalue weighted by Crippen LogP contribution is 2.09. The zero-order valence-corrected chi connectivity index (χ0v) is 7.68. The summed E-state index contributed by atoms with van der Waals surface area (Å²) in [4.78, 5) is 0. The van der Waals surface area contributed by atoms with Crippen LogP contribution >= 0.6 is 24.0 Å². The molecule has 0 aliphatic carbocycles. The Balaban J connectivity index is 0.000000810. The highest BCUT2D eigenvalue weighted by Gasteiger charge is 2.10. The first-order valence-corrected chi connectivity index (χ1v) is 4.26. The van der Waals surface area contributed by atoms with E-state index in [1.54, 1.807) is 0 Å². The van der Waals surface area contributed by atoms with Crippen molar-refractivity contribution in [3.05, 3.63) is 0 Å². The van der Waals surface area contributed by atoms with E-state index in [1.807, 2.05) is 0 Å². The van der Waals surface area contributed by atoms with Gasteiger partial charge in [0.2, 0.25) is 0 Å². The van der Waals surface area contributed by atoms with Gasteiger partial charge in [-0.25, -0.2) is 0 Å². The number of hydrogen-bond acceptors (Lipinski definition) is 1. The molecule has 0 aromatic rings. The zero-order chi connectivity index (χ0) is 6.53. The van der Waals surface area contributed by atoms with Crippen molar-refractivity contribution in [3.8, 4) is 0 Å². The normalized spacial score (nSPS) is 25.5. The molecule has 10 heavy (non-hydrogen) atoms. The lowest BCUT2D eigenvalue weighted by molar-refractivity contribution is 0.394. The fraction of sp³-hybridized carbons (Fsp3) is 1.00. The molecular weight excluding hydrogens is 169 g/mol. The third-order valence-electron chi connectivity index (χ3n) is 1.87. The van der Waals surface area contributed by atoms with Crippen molar-refractivity contribution < 1.29 is 0 Å². The number of piperidine rings is 1. The molecule has 1 aliphatic heterocycles. The van der Waals surface area contributed by atoms with Gasteiger partial charge in [-0.2, -0.15) is 0 Å². The maximum Gasteiger partial charge on any atom is 0.0238 e. The first kappa shape index (κ1) is 10.5. The fourth-order valence-corrected chi connectivity index (χ4v) is 1.57. The largest absolute Gasteiger partial charge is 0.314 e. The molecule has 1 aliphatic rings. The molecule has 1 atom stereocenters. The third-order valence-corrected chi connectivity index (χ3v) is 2.09. The number of hydrogen-bond donors (Lipinski definition) is 1. The Kier molecular flexibility index (Phi) is 6.60. The minimum Gasteiger partial charge on any atom is -0.314 e. The van der Waals surface area contributed by atoms with Crippen LogP contribution in [0, 0.1) is 0 Å². The summed E-state index contributed by atoms with van der Waals surface area (Å²) >= 11 is 5.59. The molecule has 0 aromatic heterocycles. The summed E-state index contributed by atoms with van der Waals surface area (Å²) in [6.45, 7) is 1.20. The SMILES string of the molecule is Cl.ClCCC1CCCCN1. The van der Waals surface area contributed by atoms with Crippen LogP contribution in [-0.4, -0.2) is 18.5 Å². The van der Waals surface area contributed by atoms with Crippen LogP contribution in [0.4, 0.5) is 0 Å². The number of alkyl halides is 1. The monoisotopic (exact) mass is 183 g/mol. The highest BCUT2D eigenvalue weighted by molar-refractivity contribution is 6.17. The Morgan fingerprint density at radius 2 is 2.20 bits per heavy atom. The molecule has 1 fully saturated rings. The molecule has 0 amide bonds. The van der Waals surface area contributed by atoms with Gasteiger partial charge in [0.15, 0.2) is 0 Å². The van der Waals surface area contributed by atoms with Gasteiger partial charge < -0.3 is 5.32 Å². The lowest BCUT2D eigenvalue weighted by Crippen LogP contribution is -2.34. The average molecular weight is 184 g/mol. The van der Waals surface area contributed by atoms with Crippen molar-refractivity contribution in [1.82, 2.24) is 5.32 Å². The van der Waals surface area contributed by atoms with E-state index in [0.29, 0.717) is 0 Å². The standard InChI is InChI=1S/C7H14ClN.ClH/c8-5-4-7-3-1-2-6-9-7;/h7,9H,1-6H2;1H. The third kappa shape index (κ3) is 3.65. The summed E-state index contributed by atoms with van der Waals surface area (Å²) in [7, 11) is 0. The van der Waals surface area contributed by atoms with Gasteiger partial charge >= 0.3 is 0 Å². The van der Waals surface area contributed by atoms with Crippen molar-refractivity contribution in [2.75, 3.05) is 12.4 Å². The Bertz CT molecular complexity index is 69.3. The van der Waals surface area contributed by atoms with E-state index in [0.717, 1.165) is 18.3 Å². The second-order valence-electron chi connectivity index (χ2n) is 2.62. The summed E-state index contributed by atoms with van der Waals surface area (Å²) in [5.41, 5.74) is 0. The topological polar surface area (TPSA) is 12.0 Å². The second kappa shape index (κ2) is 6.26. The fourth-order valence-electron chi connectivity index (χ4n) is 1.30. The molecule has 0 spiro atoms. The predicted octanol–water partition coefficient (Wildman–Crippen LogP) is 2.18. The van der Waals surface area contributed by atoms with Gasteiger partial charge in [0, 0.05) is 11.9 Å². The van der Waals surface area contributed by atoms with Crippen LogP contribution in [0.3, 0.4) is 0 Å². The Labute approximate surface area is 73.9 Å². The predicted molar refractivity (Wildman–Crippen MR) is 48.2 cm³/mol. The smallest absolute Gasteiger partial charge is 0.0238 e. The number of rotatable bonds is 2. The van der Waals surface area contributed by atoms with E-state index < -0.39 is 0 Å². The molecule has 0 aromatic carbocycles. The van der Waals surface area contributed by atoms with E-state index in [9.17, 15) is 0 Å². The van der Waals surface area contributed by atoms with Crippen molar-refractivity contribution in [3.63, 3.8) is 0 Å². The number of halogens is 2. The van der Waals surface area contributed by atoms with E-state index >= 15 is 0 Å². The molecule has 0 radical (unpaired) electrons. The molecule has 62 valence electrons. The summed E-state index contributed by atoms with van der Waals surface area (Å²) in [5, 5.41) is 3.44. The minimum atomic E-state index is 0. The van der Waals surface area contributed by atoms with Crippen LogP contribution in [0.25, 0.3) is 0 Å². The van der Waals surface area contributed by atoms with Gasteiger partial charge in [0.05, 0.1) is 0 Å². The van der Waals surface area contributed by atoms with Crippen LogP contribution in [0.15, 0.2) is 0 Å². The molecule has 1 saturated heterocycles. The summed E-state index contributed by atoms with van der Waals surface area (Å²) in [6.07, 6.45) is 5.20. The van der Waals surface area contributed by atoms with E-state index in [4.69, 9.17) is 11.6 Å². The Hall–Kier alpha value is 0.540. The summed E-state index contributed by atoms with van der Waals surface area (Å²) < 4.78 is 0. The minimum absolute atomic E-state index is 0. The Morgan fingerprint density at radius 1 is 1.40 bits per heavy atom. The molecule has 0 saturated carbocycles.